The van der Waals surface area contributed by atoms with Crippen LogP contribution < -0.4 is 15.0 Å². The Morgan fingerprint density at radius 3 is 2.60 bits per heavy atom. The SMILES string of the molecule is COc1ccccc1C(NC(=O)C1CC(=O)N(c2ccccc2)C1)c1nccn1C. The van der Waals surface area contributed by atoms with E-state index in [0.717, 1.165) is 11.3 Å². The van der Waals surface area contributed by atoms with E-state index in [0.29, 0.717) is 18.1 Å². The second-order valence-corrected chi connectivity index (χ2v) is 7.32. The first-order valence-corrected chi connectivity index (χ1v) is 9.84. The van der Waals surface area contributed by atoms with Crippen LogP contribution >= 0.6 is 0 Å². The van der Waals surface area contributed by atoms with E-state index in [1.165, 1.54) is 0 Å². The van der Waals surface area contributed by atoms with Gasteiger partial charge in [-0.2, -0.15) is 0 Å². The number of para-hydroxylation sites is 2. The summed E-state index contributed by atoms with van der Waals surface area (Å²) in [6.45, 7) is 0.355. The molecule has 1 aliphatic heterocycles. The Labute approximate surface area is 175 Å². The molecule has 1 saturated heterocycles. The molecule has 0 bridgehead atoms. The molecule has 2 amide bonds. The van der Waals surface area contributed by atoms with Gasteiger partial charge in [0.2, 0.25) is 11.8 Å². The van der Waals surface area contributed by atoms with Gasteiger partial charge in [-0.25, -0.2) is 4.98 Å². The van der Waals surface area contributed by atoms with Gasteiger partial charge in [0.25, 0.3) is 0 Å². The summed E-state index contributed by atoms with van der Waals surface area (Å²) in [6.07, 6.45) is 3.71. The quantitative estimate of drug-likeness (QED) is 0.685. The number of hydrogen-bond acceptors (Lipinski definition) is 4. The van der Waals surface area contributed by atoms with E-state index in [4.69, 9.17) is 4.74 Å². The monoisotopic (exact) mass is 404 g/mol. The van der Waals surface area contributed by atoms with Gasteiger partial charge in [0, 0.05) is 43.7 Å². The van der Waals surface area contributed by atoms with E-state index in [9.17, 15) is 9.59 Å². The van der Waals surface area contributed by atoms with Crippen molar-refractivity contribution in [2.24, 2.45) is 13.0 Å². The lowest BCUT2D eigenvalue weighted by Gasteiger charge is -2.23. The lowest BCUT2D eigenvalue weighted by molar-refractivity contribution is -0.126. The van der Waals surface area contributed by atoms with E-state index in [1.807, 2.05) is 72.4 Å². The molecule has 1 aliphatic rings. The topological polar surface area (TPSA) is 76.5 Å². The summed E-state index contributed by atoms with van der Waals surface area (Å²) in [5.74, 6) is 0.694. The van der Waals surface area contributed by atoms with Crippen LogP contribution in [0.1, 0.15) is 23.9 Å². The molecule has 0 spiro atoms. The number of anilines is 1. The zero-order valence-corrected chi connectivity index (χ0v) is 17.0. The number of benzene rings is 2. The Kier molecular flexibility index (Phi) is 5.52. The largest absolute Gasteiger partial charge is 0.496 e. The van der Waals surface area contributed by atoms with E-state index in [-0.39, 0.29) is 18.2 Å². The lowest BCUT2D eigenvalue weighted by atomic mass is 10.0. The molecule has 0 radical (unpaired) electrons. The summed E-state index contributed by atoms with van der Waals surface area (Å²) in [7, 11) is 3.48. The first kappa shape index (κ1) is 19.7. The molecule has 2 aromatic carbocycles. The Morgan fingerprint density at radius 1 is 1.17 bits per heavy atom. The molecule has 2 atom stereocenters. The zero-order chi connectivity index (χ0) is 21.1. The summed E-state index contributed by atoms with van der Waals surface area (Å²) >= 11 is 0. The van der Waals surface area contributed by atoms with Gasteiger partial charge in [-0.05, 0) is 18.2 Å². The van der Waals surface area contributed by atoms with Crippen molar-refractivity contribution in [2.75, 3.05) is 18.6 Å². The molecule has 30 heavy (non-hydrogen) atoms. The highest BCUT2D eigenvalue weighted by Gasteiger charge is 2.36. The summed E-state index contributed by atoms with van der Waals surface area (Å²) in [6, 6.07) is 16.5. The molecule has 7 nitrogen and oxygen atoms in total. The second kappa shape index (κ2) is 8.41. The Hall–Kier alpha value is -3.61. The van der Waals surface area contributed by atoms with Crippen LogP contribution in [0.4, 0.5) is 5.69 Å². The number of amides is 2. The minimum atomic E-state index is -0.491. The number of aryl methyl sites for hydroxylation is 1. The highest BCUT2D eigenvalue weighted by molar-refractivity contribution is 6.00. The number of imidazole rings is 1. The molecule has 3 aromatic rings. The van der Waals surface area contributed by atoms with Crippen molar-refractivity contribution in [3.05, 3.63) is 78.4 Å². The highest BCUT2D eigenvalue weighted by Crippen LogP contribution is 2.31. The third-order valence-electron chi connectivity index (χ3n) is 5.42. The molecular weight excluding hydrogens is 380 g/mol. The molecule has 2 unspecified atom stereocenters. The summed E-state index contributed by atoms with van der Waals surface area (Å²) in [5.41, 5.74) is 1.62. The van der Waals surface area contributed by atoms with Gasteiger partial charge in [0.15, 0.2) is 0 Å². The van der Waals surface area contributed by atoms with Crippen LogP contribution in [0.3, 0.4) is 0 Å². The fourth-order valence-corrected chi connectivity index (χ4v) is 3.84. The van der Waals surface area contributed by atoms with Crippen LogP contribution in [-0.2, 0) is 16.6 Å². The van der Waals surface area contributed by atoms with Crippen LogP contribution in [0.25, 0.3) is 0 Å². The number of aromatic nitrogens is 2. The lowest BCUT2D eigenvalue weighted by Crippen LogP contribution is -2.37. The maximum Gasteiger partial charge on any atom is 0.227 e. The maximum atomic E-state index is 13.2. The zero-order valence-electron chi connectivity index (χ0n) is 17.0. The average molecular weight is 404 g/mol. The van der Waals surface area contributed by atoms with Gasteiger partial charge in [0.05, 0.1) is 13.0 Å². The standard InChI is InChI=1S/C23H24N4O3/c1-26-13-12-24-22(26)21(18-10-6-7-11-19(18)30-2)25-23(29)16-14-20(28)27(15-16)17-8-4-3-5-9-17/h3-13,16,21H,14-15H2,1-2H3,(H,25,29). The van der Waals surface area contributed by atoms with Crippen molar-refractivity contribution >= 4 is 17.5 Å². The summed E-state index contributed by atoms with van der Waals surface area (Å²) in [4.78, 5) is 31.8. The summed E-state index contributed by atoms with van der Waals surface area (Å²) in [5, 5.41) is 3.10. The molecule has 1 N–H and O–H groups in total. The molecule has 2 heterocycles. The highest BCUT2D eigenvalue weighted by atomic mass is 16.5. The fourth-order valence-electron chi connectivity index (χ4n) is 3.84. The van der Waals surface area contributed by atoms with E-state index >= 15 is 0 Å². The Balaban J connectivity index is 1.59. The minimum Gasteiger partial charge on any atom is -0.496 e. The van der Waals surface area contributed by atoms with Crippen molar-refractivity contribution < 1.29 is 14.3 Å². The Bertz CT molecular complexity index is 1050. The molecule has 1 aromatic heterocycles. The van der Waals surface area contributed by atoms with E-state index in [1.54, 1.807) is 18.2 Å². The normalized spacial score (nSPS) is 17.1. The van der Waals surface area contributed by atoms with E-state index in [2.05, 4.69) is 10.3 Å². The van der Waals surface area contributed by atoms with Crippen LogP contribution in [0.5, 0.6) is 5.75 Å². The van der Waals surface area contributed by atoms with Crippen LogP contribution in [0.15, 0.2) is 67.0 Å². The molecule has 4 rings (SSSR count). The third kappa shape index (κ3) is 3.78. The molecule has 0 aliphatic carbocycles. The van der Waals surface area contributed by atoms with E-state index < -0.39 is 12.0 Å². The molecular formula is C23H24N4O3. The predicted molar refractivity (Wildman–Crippen MR) is 113 cm³/mol. The number of methoxy groups -OCH3 is 1. The average Bonchev–Trinajstić information content (AvgIpc) is 3.38. The third-order valence-corrected chi connectivity index (χ3v) is 5.42. The number of carbonyl (C=O) groups excluding carboxylic acids is 2. The molecule has 1 fully saturated rings. The number of hydrogen-bond donors (Lipinski definition) is 1. The van der Waals surface area contributed by atoms with Gasteiger partial charge < -0.3 is 19.5 Å². The van der Waals surface area contributed by atoms with Crippen molar-refractivity contribution in [1.82, 2.24) is 14.9 Å². The predicted octanol–water partition coefficient (Wildman–Crippen LogP) is 2.69. The maximum absolute atomic E-state index is 13.2. The molecule has 0 saturated carbocycles. The van der Waals surface area contributed by atoms with Crippen LogP contribution in [0, 0.1) is 5.92 Å². The summed E-state index contributed by atoms with van der Waals surface area (Å²) < 4.78 is 7.38. The Morgan fingerprint density at radius 2 is 1.90 bits per heavy atom. The number of rotatable bonds is 6. The number of nitrogens with one attached hydrogen (secondary N) is 1. The minimum absolute atomic E-state index is 0.0489. The number of nitrogens with zero attached hydrogens (tertiary/aromatic N) is 3. The fraction of sp³-hybridized carbons (Fsp3) is 0.261. The first-order valence-electron chi connectivity index (χ1n) is 9.84. The number of ether oxygens (including phenoxy) is 1. The van der Waals surface area contributed by atoms with Crippen LogP contribution in [0.2, 0.25) is 0 Å². The molecule has 7 heteroatoms. The van der Waals surface area contributed by atoms with Gasteiger partial charge in [-0.3, -0.25) is 9.59 Å². The second-order valence-electron chi connectivity index (χ2n) is 7.32. The van der Waals surface area contributed by atoms with Crippen molar-refractivity contribution in [2.45, 2.75) is 12.5 Å². The van der Waals surface area contributed by atoms with Gasteiger partial charge in [-0.1, -0.05) is 36.4 Å². The van der Waals surface area contributed by atoms with Crippen LogP contribution in [-0.4, -0.2) is 35.0 Å². The number of carbonyl (C=O) groups is 2. The molecule has 154 valence electrons. The smallest absolute Gasteiger partial charge is 0.227 e. The van der Waals surface area contributed by atoms with Gasteiger partial charge in [0.1, 0.15) is 17.6 Å². The van der Waals surface area contributed by atoms with Crippen molar-refractivity contribution in [3.63, 3.8) is 0 Å². The first-order chi connectivity index (χ1) is 14.6. The van der Waals surface area contributed by atoms with Crippen molar-refractivity contribution in [3.8, 4) is 5.75 Å². The van der Waals surface area contributed by atoms with Crippen molar-refractivity contribution in [1.29, 1.82) is 0 Å². The van der Waals surface area contributed by atoms with Gasteiger partial charge in [-0.15, -0.1) is 0 Å². The van der Waals surface area contributed by atoms with Gasteiger partial charge >= 0.3 is 0 Å².